The molecule has 2 aromatic rings. The third-order valence-corrected chi connectivity index (χ3v) is 2.90. The average molecular weight is 259 g/mol. The molecular formula is C13H17N5O. The van der Waals surface area contributed by atoms with Crippen LogP contribution in [0, 0.1) is 0 Å². The van der Waals surface area contributed by atoms with Crippen molar-refractivity contribution in [3.63, 3.8) is 0 Å². The number of hydrogen-bond donors (Lipinski definition) is 1. The number of hydrogen-bond acceptors (Lipinski definition) is 4. The van der Waals surface area contributed by atoms with Gasteiger partial charge in [-0.2, -0.15) is 5.10 Å². The lowest BCUT2D eigenvalue weighted by atomic mass is 10.1. The van der Waals surface area contributed by atoms with E-state index in [1.807, 2.05) is 12.1 Å². The van der Waals surface area contributed by atoms with E-state index in [1.54, 1.807) is 48.5 Å². The van der Waals surface area contributed by atoms with Crippen LogP contribution in [-0.2, 0) is 18.4 Å². The summed E-state index contributed by atoms with van der Waals surface area (Å²) in [6.07, 6.45) is 6.77. The first-order chi connectivity index (χ1) is 9.08. The second-order valence-corrected chi connectivity index (χ2v) is 4.47. The van der Waals surface area contributed by atoms with Gasteiger partial charge in [-0.15, -0.1) is 0 Å². The van der Waals surface area contributed by atoms with E-state index in [1.165, 1.54) is 0 Å². The molecule has 2 rings (SSSR count). The lowest BCUT2D eigenvalue weighted by Crippen LogP contribution is -2.35. The quantitative estimate of drug-likeness (QED) is 0.866. The number of nitrogens with two attached hydrogens (primary N) is 1. The zero-order valence-electron chi connectivity index (χ0n) is 11.0. The highest BCUT2D eigenvalue weighted by Gasteiger charge is 2.21. The van der Waals surface area contributed by atoms with Crippen LogP contribution in [0.5, 0.6) is 0 Å². The molecule has 0 saturated carbocycles. The van der Waals surface area contributed by atoms with Crippen LogP contribution < -0.4 is 5.73 Å². The topological polar surface area (TPSA) is 77.0 Å². The van der Waals surface area contributed by atoms with Crippen LogP contribution in [0.4, 0.5) is 0 Å². The molecule has 0 spiro atoms. The van der Waals surface area contributed by atoms with Gasteiger partial charge in [-0.05, 0) is 17.7 Å². The Morgan fingerprint density at radius 3 is 2.74 bits per heavy atom. The van der Waals surface area contributed by atoms with Crippen LogP contribution in [-0.4, -0.2) is 32.6 Å². The Kier molecular flexibility index (Phi) is 3.91. The van der Waals surface area contributed by atoms with Gasteiger partial charge in [0.2, 0.25) is 5.91 Å². The summed E-state index contributed by atoms with van der Waals surface area (Å²) in [6, 6.07) is 3.07. The third kappa shape index (κ3) is 3.17. The standard InChI is InChI=1S/C13H17N5O/c1-17(8-10-3-5-15-6-4-10)13(19)12(14)11-7-16-18(2)9-11/h3-7,9,12H,8,14H2,1-2H3. The second kappa shape index (κ2) is 5.62. The number of nitrogens with zero attached hydrogens (tertiary/aromatic N) is 4. The Bertz CT molecular complexity index is 551. The highest BCUT2D eigenvalue weighted by molar-refractivity contribution is 5.82. The SMILES string of the molecule is CN(Cc1ccncc1)C(=O)C(N)c1cnn(C)c1. The molecule has 0 fully saturated rings. The van der Waals surface area contributed by atoms with Crippen molar-refractivity contribution in [2.24, 2.45) is 12.8 Å². The molecule has 6 nitrogen and oxygen atoms in total. The minimum atomic E-state index is -0.680. The van der Waals surface area contributed by atoms with Gasteiger partial charge in [0.25, 0.3) is 0 Å². The Morgan fingerprint density at radius 1 is 1.47 bits per heavy atom. The number of carbonyl (C=O) groups is 1. The first kappa shape index (κ1) is 13.2. The summed E-state index contributed by atoms with van der Waals surface area (Å²) in [5, 5.41) is 4.02. The fourth-order valence-corrected chi connectivity index (χ4v) is 1.82. The van der Waals surface area contributed by atoms with Crippen LogP contribution in [0.15, 0.2) is 36.9 Å². The van der Waals surface area contributed by atoms with Crippen LogP contribution in [0.2, 0.25) is 0 Å². The molecule has 100 valence electrons. The number of carbonyl (C=O) groups excluding carboxylic acids is 1. The molecule has 0 saturated heterocycles. The van der Waals surface area contributed by atoms with Crippen LogP contribution in [0.3, 0.4) is 0 Å². The van der Waals surface area contributed by atoms with E-state index in [9.17, 15) is 4.79 Å². The Hall–Kier alpha value is -2.21. The Morgan fingerprint density at radius 2 is 2.16 bits per heavy atom. The van der Waals surface area contributed by atoms with E-state index < -0.39 is 6.04 Å². The normalized spacial score (nSPS) is 12.2. The number of likely N-dealkylation sites (N-methyl/N-ethyl adjacent to an activating group) is 1. The predicted octanol–water partition coefficient (Wildman–Crippen LogP) is 0.473. The van der Waals surface area contributed by atoms with Gasteiger partial charge in [0.05, 0.1) is 6.20 Å². The maximum atomic E-state index is 12.2. The highest BCUT2D eigenvalue weighted by Crippen LogP contribution is 2.13. The van der Waals surface area contributed by atoms with Crippen molar-refractivity contribution in [3.05, 3.63) is 48.0 Å². The summed E-state index contributed by atoms with van der Waals surface area (Å²) in [4.78, 5) is 17.8. The molecule has 1 amide bonds. The molecule has 6 heteroatoms. The predicted molar refractivity (Wildman–Crippen MR) is 70.8 cm³/mol. The smallest absolute Gasteiger partial charge is 0.244 e. The molecule has 1 unspecified atom stereocenters. The summed E-state index contributed by atoms with van der Waals surface area (Å²) in [6.45, 7) is 0.509. The van der Waals surface area contributed by atoms with Crippen molar-refractivity contribution < 1.29 is 4.79 Å². The molecule has 0 radical (unpaired) electrons. The monoisotopic (exact) mass is 259 g/mol. The van der Waals surface area contributed by atoms with E-state index in [4.69, 9.17) is 5.73 Å². The molecule has 2 heterocycles. The molecule has 0 aliphatic carbocycles. The number of aryl methyl sites for hydroxylation is 1. The Balaban J connectivity index is 2.03. The minimum absolute atomic E-state index is 0.134. The molecule has 2 aromatic heterocycles. The fourth-order valence-electron chi connectivity index (χ4n) is 1.82. The van der Waals surface area contributed by atoms with Crippen molar-refractivity contribution in [1.29, 1.82) is 0 Å². The average Bonchev–Trinajstić information content (AvgIpc) is 2.85. The lowest BCUT2D eigenvalue weighted by Gasteiger charge is -2.20. The van der Waals surface area contributed by atoms with Crippen molar-refractivity contribution in [2.75, 3.05) is 7.05 Å². The largest absolute Gasteiger partial charge is 0.340 e. The van der Waals surface area contributed by atoms with Gasteiger partial charge in [-0.3, -0.25) is 14.5 Å². The van der Waals surface area contributed by atoms with E-state index in [-0.39, 0.29) is 5.91 Å². The fraction of sp³-hybridized carbons (Fsp3) is 0.308. The van der Waals surface area contributed by atoms with Crippen molar-refractivity contribution in [1.82, 2.24) is 19.7 Å². The molecule has 1 atom stereocenters. The van der Waals surface area contributed by atoms with Gasteiger partial charge in [-0.25, -0.2) is 0 Å². The maximum absolute atomic E-state index is 12.2. The van der Waals surface area contributed by atoms with E-state index in [2.05, 4.69) is 10.1 Å². The molecule has 0 bridgehead atoms. The summed E-state index contributed by atoms with van der Waals surface area (Å²) in [5.74, 6) is -0.134. The summed E-state index contributed by atoms with van der Waals surface area (Å²) >= 11 is 0. The molecule has 0 aliphatic heterocycles. The molecule has 0 aromatic carbocycles. The third-order valence-electron chi connectivity index (χ3n) is 2.90. The molecule has 2 N–H and O–H groups in total. The van der Waals surface area contributed by atoms with Crippen LogP contribution in [0.1, 0.15) is 17.2 Å². The molecule has 0 aliphatic rings. The molecule has 19 heavy (non-hydrogen) atoms. The number of rotatable bonds is 4. The highest BCUT2D eigenvalue weighted by atomic mass is 16.2. The van der Waals surface area contributed by atoms with Crippen molar-refractivity contribution >= 4 is 5.91 Å². The molecular weight excluding hydrogens is 242 g/mol. The van der Waals surface area contributed by atoms with Gasteiger partial charge in [0, 0.05) is 44.8 Å². The summed E-state index contributed by atoms with van der Waals surface area (Å²) < 4.78 is 1.63. The number of amides is 1. The zero-order chi connectivity index (χ0) is 13.8. The summed E-state index contributed by atoms with van der Waals surface area (Å²) in [5.41, 5.74) is 7.68. The zero-order valence-corrected chi connectivity index (χ0v) is 11.0. The number of pyridine rings is 1. The van der Waals surface area contributed by atoms with Crippen LogP contribution in [0.25, 0.3) is 0 Å². The van der Waals surface area contributed by atoms with Gasteiger partial charge >= 0.3 is 0 Å². The van der Waals surface area contributed by atoms with Gasteiger partial charge in [-0.1, -0.05) is 0 Å². The van der Waals surface area contributed by atoms with Crippen LogP contribution >= 0.6 is 0 Å². The van der Waals surface area contributed by atoms with Gasteiger partial charge in [0.1, 0.15) is 6.04 Å². The van der Waals surface area contributed by atoms with E-state index >= 15 is 0 Å². The van der Waals surface area contributed by atoms with Crippen molar-refractivity contribution in [3.8, 4) is 0 Å². The number of aromatic nitrogens is 3. The van der Waals surface area contributed by atoms with Gasteiger partial charge < -0.3 is 10.6 Å². The second-order valence-electron chi connectivity index (χ2n) is 4.47. The first-order valence-corrected chi connectivity index (χ1v) is 5.96. The minimum Gasteiger partial charge on any atom is -0.340 e. The Labute approximate surface area is 111 Å². The van der Waals surface area contributed by atoms with Crippen molar-refractivity contribution in [2.45, 2.75) is 12.6 Å². The van der Waals surface area contributed by atoms with E-state index in [0.717, 1.165) is 5.56 Å². The summed E-state index contributed by atoms with van der Waals surface area (Å²) in [7, 11) is 3.53. The maximum Gasteiger partial charge on any atom is 0.244 e. The lowest BCUT2D eigenvalue weighted by molar-refractivity contribution is -0.131. The van der Waals surface area contributed by atoms with E-state index in [0.29, 0.717) is 12.1 Å². The first-order valence-electron chi connectivity index (χ1n) is 5.96. The van der Waals surface area contributed by atoms with Gasteiger partial charge in [0.15, 0.2) is 0 Å².